The van der Waals surface area contributed by atoms with Gasteiger partial charge in [0.15, 0.2) is 0 Å². The largest absolute Gasteiger partial charge is 0.296 e. The lowest BCUT2D eigenvalue weighted by Crippen LogP contribution is -2.51. The quantitative estimate of drug-likeness (QED) is 0.468. The summed E-state index contributed by atoms with van der Waals surface area (Å²) in [7, 11) is 0. The van der Waals surface area contributed by atoms with E-state index in [1.807, 2.05) is 0 Å². The molecule has 1 aliphatic rings. The maximum Gasteiger partial charge on any atom is 0.0276 e. The van der Waals surface area contributed by atoms with Crippen LogP contribution in [0.4, 0.5) is 0 Å². The van der Waals surface area contributed by atoms with Gasteiger partial charge in [-0.3, -0.25) is 4.90 Å². The van der Waals surface area contributed by atoms with Crippen LogP contribution >= 0.6 is 0 Å². The van der Waals surface area contributed by atoms with E-state index in [0.717, 1.165) is 11.8 Å². The van der Waals surface area contributed by atoms with Gasteiger partial charge in [-0.1, -0.05) is 71.3 Å². The van der Waals surface area contributed by atoms with Crippen molar-refractivity contribution in [2.75, 3.05) is 13.1 Å². The molecule has 1 saturated heterocycles. The Morgan fingerprint density at radius 3 is 2.19 bits per heavy atom. The summed E-state index contributed by atoms with van der Waals surface area (Å²) < 4.78 is 0. The van der Waals surface area contributed by atoms with Crippen LogP contribution in [0, 0.1) is 17.8 Å². The van der Waals surface area contributed by atoms with Crippen molar-refractivity contribution in [3.8, 4) is 0 Å². The molecule has 0 amide bonds. The van der Waals surface area contributed by atoms with Crippen LogP contribution in [0.3, 0.4) is 0 Å². The molecule has 0 spiro atoms. The summed E-state index contributed by atoms with van der Waals surface area (Å²) in [5, 5.41) is 0. The number of nitrogens with zero attached hydrogens (tertiary/aromatic N) is 1. The first-order valence-electron chi connectivity index (χ1n) is 8.98. The van der Waals surface area contributed by atoms with E-state index in [9.17, 15) is 0 Å². The summed E-state index contributed by atoms with van der Waals surface area (Å²) in [6.07, 6.45) is 6.35. The van der Waals surface area contributed by atoms with Crippen LogP contribution in [-0.2, 0) is 0 Å². The van der Waals surface area contributed by atoms with E-state index in [1.54, 1.807) is 0 Å². The Hall–Kier alpha value is -0.560. The summed E-state index contributed by atoms with van der Waals surface area (Å²) in [6.45, 7) is 22.5. The van der Waals surface area contributed by atoms with Gasteiger partial charge >= 0.3 is 0 Å². The highest BCUT2D eigenvalue weighted by Gasteiger charge is 2.31. The molecule has 0 saturated carbocycles. The average molecular weight is 292 g/mol. The molecule has 0 aromatic heterocycles. The van der Waals surface area contributed by atoms with E-state index in [0.29, 0.717) is 12.0 Å². The van der Waals surface area contributed by atoms with Gasteiger partial charge in [-0.25, -0.2) is 0 Å². The molecule has 0 aromatic carbocycles. The number of hydrogen-bond donors (Lipinski definition) is 0. The van der Waals surface area contributed by atoms with E-state index in [-0.39, 0.29) is 0 Å². The van der Waals surface area contributed by atoms with Crippen molar-refractivity contribution in [3.63, 3.8) is 0 Å². The third-order valence-corrected chi connectivity index (χ3v) is 5.32. The molecule has 0 bridgehead atoms. The lowest BCUT2D eigenvalue weighted by atomic mass is 9.85. The van der Waals surface area contributed by atoms with E-state index < -0.39 is 0 Å². The first kappa shape index (κ1) is 18.5. The molecule has 1 fully saturated rings. The lowest BCUT2D eigenvalue weighted by Gasteiger charge is -2.45. The molecule has 0 aromatic rings. The standard InChI is InChI=1S/C20H37N/c1-8-10-19(9-2)12-17(6)18(7)21-13-20(14-21)11-16(5)15(3)4/h15,18-20H,5-6,8-14H2,1-4,7H3. The van der Waals surface area contributed by atoms with E-state index in [1.165, 1.54) is 56.3 Å². The molecular formula is C20H37N. The molecule has 1 nitrogen and oxygen atoms in total. The minimum Gasteiger partial charge on any atom is -0.296 e. The Kier molecular flexibility index (Phi) is 7.73. The van der Waals surface area contributed by atoms with Crippen LogP contribution in [0.2, 0.25) is 0 Å². The first-order valence-corrected chi connectivity index (χ1v) is 8.98. The summed E-state index contributed by atoms with van der Waals surface area (Å²) in [6, 6.07) is 0.555. The molecule has 2 atom stereocenters. The summed E-state index contributed by atoms with van der Waals surface area (Å²) >= 11 is 0. The minimum atomic E-state index is 0.555. The Balaban J connectivity index is 2.33. The molecule has 0 radical (unpaired) electrons. The summed E-state index contributed by atoms with van der Waals surface area (Å²) in [5.41, 5.74) is 2.86. The number of allylic oxidation sites excluding steroid dienone is 1. The van der Waals surface area contributed by atoms with Crippen molar-refractivity contribution >= 4 is 0 Å². The van der Waals surface area contributed by atoms with Crippen LogP contribution in [0.25, 0.3) is 0 Å². The average Bonchev–Trinajstić information content (AvgIpc) is 2.40. The fourth-order valence-corrected chi connectivity index (χ4v) is 3.32. The first-order chi connectivity index (χ1) is 9.88. The molecule has 1 heteroatoms. The van der Waals surface area contributed by atoms with Gasteiger partial charge in [-0.2, -0.15) is 0 Å². The highest BCUT2D eigenvalue weighted by molar-refractivity contribution is 5.09. The van der Waals surface area contributed by atoms with Gasteiger partial charge in [-0.15, -0.1) is 0 Å². The SMILES string of the molecule is C=C(CC1CN(C(C)C(=C)CC(CC)CCC)C1)C(C)C. The monoisotopic (exact) mass is 291 g/mol. The maximum atomic E-state index is 4.38. The van der Waals surface area contributed by atoms with Crippen LogP contribution in [0.1, 0.15) is 66.7 Å². The van der Waals surface area contributed by atoms with Gasteiger partial charge in [0.25, 0.3) is 0 Å². The zero-order valence-electron chi connectivity index (χ0n) is 15.1. The van der Waals surface area contributed by atoms with Gasteiger partial charge in [0.05, 0.1) is 0 Å². The molecule has 2 unspecified atom stereocenters. The second-order valence-corrected chi connectivity index (χ2v) is 7.44. The second-order valence-electron chi connectivity index (χ2n) is 7.44. The van der Waals surface area contributed by atoms with Crippen molar-refractivity contribution in [3.05, 3.63) is 24.3 Å². The maximum absolute atomic E-state index is 4.38. The Bertz CT molecular complexity index is 336. The van der Waals surface area contributed by atoms with Crippen molar-refractivity contribution in [1.29, 1.82) is 0 Å². The highest BCUT2D eigenvalue weighted by Crippen LogP contribution is 2.31. The molecule has 1 aliphatic heterocycles. The van der Waals surface area contributed by atoms with Crippen LogP contribution in [0.15, 0.2) is 24.3 Å². The fourth-order valence-electron chi connectivity index (χ4n) is 3.32. The van der Waals surface area contributed by atoms with Gasteiger partial charge in [0, 0.05) is 19.1 Å². The van der Waals surface area contributed by atoms with Crippen molar-refractivity contribution in [2.45, 2.75) is 72.8 Å². The van der Waals surface area contributed by atoms with Crippen LogP contribution < -0.4 is 0 Å². The van der Waals surface area contributed by atoms with Crippen molar-refractivity contribution in [2.24, 2.45) is 17.8 Å². The van der Waals surface area contributed by atoms with Crippen molar-refractivity contribution < 1.29 is 0 Å². The lowest BCUT2D eigenvalue weighted by molar-refractivity contribution is 0.0715. The molecule has 122 valence electrons. The van der Waals surface area contributed by atoms with E-state index in [2.05, 4.69) is 52.7 Å². The van der Waals surface area contributed by atoms with Gasteiger partial charge < -0.3 is 0 Å². The Labute approximate surface area is 133 Å². The summed E-state index contributed by atoms with van der Waals surface area (Å²) in [4.78, 5) is 2.60. The Morgan fingerprint density at radius 1 is 1.10 bits per heavy atom. The zero-order valence-corrected chi connectivity index (χ0v) is 15.1. The van der Waals surface area contributed by atoms with E-state index in [4.69, 9.17) is 0 Å². The highest BCUT2D eigenvalue weighted by atomic mass is 15.2. The minimum absolute atomic E-state index is 0.555. The molecule has 21 heavy (non-hydrogen) atoms. The molecule has 1 rings (SSSR count). The molecular weight excluding hydrogens is 254 g/mol. The van der Waals surface area contributed by atoms with Gasteiger partial charge in [0.1, 0.15) is 0 Å². The zero-order chi connectivity index (χ0) is 16.0. The molecule has 1 heterocycles. The topological polar surface area (TPSA) is 3.24 Å². The molecule has 0 aliphatic carbocycles. The van der Waals surface area contributed by atoms with Gasteiger partial charge in [-0.05, 0) is 37.5 Å². The summed E-state index contributed by atoms with van der Waals surface area (Å²) in [5.74, 6) is 2.29. The van der Waals surface area contributed by atoms with Crippen LogP contribution in [0.5, 0.6) is 0 Å². The van der Waals surface area contributed by atoms with Gasteiger partial charge in [0.2, 0.25) is 0 Å². The van der Waals surface area contributed by atoms with E-state index >= 15 is 0 Å². The van der Waals surface area contributed by atoms with Crippen molar-refractivity contribution in [1.82, 2.24) is 4.90 Å². The third kappa shape index (κ3) is 5.62. The normalized spacial score (nSPS) is 19.3. The smallest absolute Gasteiger partial charge is 0.0276 e. The number of rotatable bonds is 10. The Morgan fingerprint density at radius 2 is 1.71 bits per heavy atom. The fraction of sp³-hybridized carbons (Fsp3) is 0.800. The van der Waals surface area contributed by atoms with Crippen LogP contribution in [-0.4, -0.2) is 24.0 Å². The number of hydrogen-bond acceptors (Lipinski definition) is 1. The predicted octanol–water partition coefficient (Wildman–Crippen LogP) is 5.68. The third-order valence-electron chi connectivity index (χ3n) is 5.32. The predicted molar refractivity (Wildman–Crippen MR) is 95.6 cm³/mol. The molecule has 0 N–H and O–H groups in total. The second kappa shape index (κ2) is 8.78. The number of likely N-dealkylation sites (tertiary alicyclic amines) is 1.